The average Bonchev–Trinajstić information content (AvgIpc) is 2.44. The van der Waals surface area contributed by atoms with E-state index in [9.17, 15) is 19.1 Å². The van der Waals surface area contributed by atoms with Gasteiger partial charge >= 0.3 is 5.69 Å². The fraction of sp³-hybridized carbons (Fsp3) is 0.200. The second-order valence-corrected chi connectivity index (χ2v) is 4.27. The van der Waals surface area contributed by atoms with Gasteiger partial charge in [-0.25, -0.2) is 9.18 Å². The largest absolute Gasteiger partial charge is 0.494 e. The second kappa shape index (κ2) is 6.09. The van der Waals surface area contributed by atoms with Crippen molar-refractivity contribution in [3.05, 3.63) is 50.9 Å². The van der Waals surface area contributed by atoms with Gasteiger partial charge in [-0.15, -0.1) is 11.8 Å². The third-order valence-corrected chi connectivity index (χ3v) is 2.95. The van der Waals surface area contributed by atoms with Crippen molar-refractivity contribution < 1.29 is 9.50 Å². The molecule has 2 aromatic rings. The molecule has 6 heteroatoms. The van der Waals surface area contributed by atoms with E-state index in [1.54, 1.807) is 6.92 Å². The Hall–Kier alpha value is -2.81. The summed E-state index contributed by atoms with van der Waals surface area (Å²) in [4.78, 5) is 25.7. The molecule has 0 amide bonds. The number of aromatic hydroxyl groups is 1. The predicted molar refractivity (Wildman–Crippen MR) is 76.4 cm³/mol. The smallest absolute Gasteiger partial charge is 0.331 e. The lowest BCUT2D eigenvalue weighted by molar-refractivity contribution is 0.404. The molecule has 0 aliphatic rings. The van der Waals surface area contributed by atoms with Crippen molar-refractivity contribution >= 4 is 0 Å². The number of aromatic amines is 1. The van der Waals surface area contributed by atoms with Gasteiger partial charge in [0.15, 0.2) is 0 Å². The Kier molecular flexibility index (Phi) is 4.24. The monoisotopic (exact) mass is 288 g/mol. The molecule has 0 saturated heterocycles. The zero-order valence-corrected chi connectivity index (χ0v) is 11.3. The summed E-state index contributed by atoms with van der Waals surface area (Å²) < 4.78 is 14.8. The van der Waals surface area contributed by atoms with Crippen molar-refractivity contribution in [2.75, 3.05) is 0 Å². The lowest BCUT2D eigenvalue weighted by Gasteiger charge is -2.10. The molecule has 0 unspecified atom stereocenters. The maximum absolute atomic E-state index is 13.8. The number of benzene rings is 1. The predicted octanol–water partition coefficient (Wildman–Crippen LogP) is 1.46. The molecule has 21 heavy (non-hydrogen) atoms. The molecule has 0 aliphatic heterocycles. The SMILES string of the molecule is CC#CCCn1c(O)c(-c2ccccc2F)c(=O)[nH]c1=O. The molecule has 108 valence electrons. The lowest BCUT2D eigenvalue weighted by Crippen LogP contribution is -2.31. The topological polar surface area (TPSA) is 75.1 Å². The van der Waals surface area contributed by atoms with Gasteiger partial charge in [0.05, 0.1) is 0 Å². The molecule has 0 radical (unpaired) electrons. The fourth-order valence-electron chi connectivity index (χ4n) is 1.97. The Morgan fingerprint density at radius 3 is 2.71 bits per heavy atom. The summed E-state index contributed by atoms with van der Waals surface area (Å²) in [5.41, 5.74) is -1.92. The quantitative estimate of drug-likeness (QED) is 0.840. The number of rotatable bonds is 3. The summed E-state index contributed by atoms with van der Waals surface area (Å²) in [7, 11) is 0. The molecule has 2 rings (SSSR count). The van der Waals surface area contributed by atoms with Crippen LogP contribution in [0.2, 0.25) is 0 Å². The van der Waals surface area contributed by atoms with E-state index in [4.69, 9.17) is 0 Å². The van der Waals surface area contributed by atoms with Gasteiger partial charge in [-0.1, -0.05) is 18.2 Å². The highest BCUT2D eigenvalue weighted by molar-refractivity contribution is 5.67. The highest BCUT2D eigenvalue weighted by atomic mass is 19.1. The number of halogens is 1. The third-order valence-electron chi connectivity index (χ3n) is 2.95. The van der Waals surface area contributed by atoms with Gasteiger partial charge < -0.3 is 5.11 Å². The van der Waals surface area contributed by atoms with Crippen molar-refractivity contribution in [3.8, 4) is 28.8 Å². The van der Waals surface area contributed by atoms with Gasteiger partial charge in [0, 0.05) is 18.5 Å². The van der Waals surface area contributed by atoms with Crippen LogP contribution in [0, 0.1) is 17.7 Å². The molecule has 0 atom stereocenters. The lowest BCUT2D eigenvalue weighted by atomic mass is 10.1. The van der Waals surface area contributed by atoms with E-state index in [2.05, 4.69) is 16.8 Å². The summed E-state index contributed by atoms with van der Waals surface area (Å²) in [6, 6.07) is 5.54. The van der Waals surface area contributed by atoms with Crippen LogP contribution in [0.3, 0.4) is 0 Å². The van der Waals surface area contributed by atoms with Crippen LogP contribution in [0.4, 0.5) is 4.39 Å². The Morgan fingerprint density at radius 2 is 2.05 bits per heavy atom. The number of hydrogen-bond acceptors (Lipinski definition) is 3. The summed E-state index contributed by atoms with van der Waals surface area (Å²) >= 11 is 0. The maximum Gasteiger partial charge on any atom is 0.331 e. The zero-order valence-electron chi connectivity index (χ0n) is 11.3. The van der Waals surface area contributed by atoms with Crippen molar-refractivity contribution in [2.24, 2.45) is 0 Å². The summed E-state index contributed by atoms with van der Waals surface area (Å²) in [5, 5.41) is 10.2. The van der Waals surface area contributed by atoms with E-state index in [1.807, 2.05) is 0 Å². The third kappa shape index (κ3) is 2.87. The Labute approximate surface area is 119 Å². The van der Waals surface area contributed by atoms with Crippen LogP contribution >= 0.6 is 0 Å². The van der Waals surface area contributed by atoms with Crippen LogP contribution in [0.5, 0.6) is 5.88 Å². The number of nitrogens with one attached hydrogen (secondary N) is 1. The van der Waals surface area contributed by atoms with Crippen LogP contribution in [0.15, 0.2) is 33.9 Å². The number of hydrogen-bond donors (Lipinski definition) is 2. The van der Waals surface area contributed by atoms with Gasteiger partial charge in [-0.3, -0.25) is 14.3 Å². The second-order valence-electron chi connectivity index (χ2n) is 4.27. The van der Waals surface area contributed by atoms with Crippen LogP contribution in [-0.2, 0) is 6.54 Å². The highest BCUT2D eigenvalue weighted by Crippen LogP contribution is 2.26. The first-order chi connectivity index (χ1) is 10.1. The molecule has 1 aromatic carbocycles. The molecular formula is C15H13FN2O3. The average molecular weight is 288 g/mol. The van der Waals surface area contributed by atoms with Crippen LogP contribution < -0.4 is 11.2 Å². The minimum Gasteiger partial charge on any atom is -0.494 e. The first kappa shape index (κ1) is 14.6. The molecule has 0 bridgehead atoms. The Bertz CT molecular complexity index is 840. The number of H-pyrrole nitrogens is 1. The van der Waals surface area contributed by atoms with E-state index >= 15 is 0 Å². The fourth-order valence-corrected chi connectivity index (χ4v) is 1.97. The van der Waals surface area contributed by atoms with Crippen LogP contribution in [0.25, 0.3) is 11.1 Å². The number of nitrogens with zero attached hydrogens (tertiary/aromatic N) is 1. The Morgan fingerprint density at radius 1 is 1.33 bits per heavy atom. The van der Waals surface area contributed by atoms with Crippen molar-refractivity contribution in [3.63, 3.8) is 0 Å². The maximum atomic E-state index is 13.8. The van der Waals surface area contributed by atoms with E-state index in [0.29, 0.717) is 6.42 Å². The molecule has 5 nitrogen and oxygen atoms in total. The highest BCUT2D eigenvalue weighted by Gasteiger charge is 2.18. The molecule has 0 spiro atoms. The van der Waals surface area contributed by atoms with Gasteiger partial charge in [-0.2, -0.15) is 0 Å². The van der Waals surface area contributed by atoms with Gasteiger partial charge in [-0.05, 0) is 13.0 Å². The van der Waals surface area contributed by atoms with Crippen molar-refractivity contribution in [2.45, 2.75) is 19.9 Å². The van der Waals surface area contributed by atoms with E-state index in [1.165, 1.54) is 24.3 Å². The molecule has 0 saturated carbocycles. The first-order valence-electron chi connectivity index (χ1n) is 6.27. The molecular weight excluding hydrogens is 275 g/mol. The van der Waals surface area contributed by atoms with Gasteiger partial charge in [0.25, 0.3) is 5.56 Å². The molecule has 0 fully saturated rings. The first-order valence-corrected chi connectivity index (χ1v) is 6.27. The van der Waals surface area contributed by atoms with Crippen LogP contribution in [0.1, 0.15) is 13.3 Å². The molecule has 0 aliphatic carbocycles. The van der Waals surface area contributed by atoms with Crippen molar-refractivity contribution in [1.82, 2.24) is 9.55 Å². The standard InChI is InChI=1S/C15H13FN2O3/c1-2-3-6-9-18-14(20)12(13(19)17-15(18)21)10-7-4-5-8-11(10)16/h4-5,7-8,20H,6,9H2,1H3,(H,17,19,21). The van der Waals surface area contributed by atoms with E-state index in [-0.39, 0.29) is 17.7 Å². The summed E-state index contributed by atoms with van der Waals surface area (Å²) in [6.07, 6.45) is 0.326. The molecule has 1 aromatic heterocycles. The van der Waals surface area contributed by atoms with Crippen LogP contribution in [-0.4, -0.2) is 14.7 Å². The minimum atomic E-state index is -0.833. The molecule has 2 N–H and O–H groups in total. The number of aromatic nitrogens is 2. The zero-order chi connectivity index (χ0) is 15.4. The van der Waals surface area contributed by atoms with E-state index < -0.39 is 22.9 Å². The molecule has 1 heterocycles. The normalized spacial score (nSPS) is 10.0. The Balaban J connectivity index is 2.64. The van der Waals surface area contributed by atoms with E-state index in [0.717, 1.165) is 4.57 Å². The van der Waals surface area contributed by atoms with Gasteiger partial charge in [0.2, 0.25) is 5.88 Å². The summed E-state index contributed by atoms with van der Waals surface area (Å²) in [6.45, 7) is 1.75. The van der Waals surface area contributed by atoms with Gasteiger partial charge in [0.1, 0.15) is 11.4 Å². The minimum absolute atomic E-state index is 0.0634. The van der Waals surface area contributed by atoms with Crippen molar-refractivity contribution in [1.29, 1.82) is 0 Å². The summed E-state index contributed by atoms with van der Waals surface area (Å²) in [5.74, 6) is 4.20.